The second-order valence-electron chi connectivity index (χ2n) is 5.53. The highest BCUT2D eigenvalue weighted by molar-refractivity contribution is 5.74. The molecule has 0 unspecified atom stereocenters. The van der Waals surface area contributed by atoms with E-state index in [9.17, 15) is 9.59 Å². The molecule has 2 N–H and O–H groups in total. The summed E-state index contributed by atoms with van der Waals surface area (Å²) in [4.78, 5) is 23.6. The summed E-state index contributed by atoms with van der Waals surface area (Å²) in [6.07, 6.45) is -1.57. The topological polar surface area (TPSA) is 88.1 Å². The lowest BCUT2D eigenvalue weighted by molar-refractivity contribution is 0.0239. The van der Waals surface area contributed by atoms with Crippen LogP contribution in [0.5, 0.6) is 0 Å². The van der Waals surface area contributed by atoms with Gasteiger partial charge in [0.2, 0.25) is 0 Å². The van der Waals surface area contributed by atoms with Crippen molar-refractivity contribution in [2.45, 2.75) is 33.0 Å². The van der Waals surface area contributed by atoms with Gasteiger partial charge in [-0.2, -0.15) is 0 Å². The van der Waals surface area contributed by atoms with E-state index in [1.807, 2.05) is 30.3 Å². The molecule has 0 saturated heterocycles. The Balaban J connectivity index is 2.54. The summed E-state index contributed by atoms with van der Waals surface area (Å²) >= 11 is 0. The molecule has 0 aromatic heterocycles. The summed E-state index contributed by atoms with van der Waals surface area (Å²) in [7, 11) is 0. The standard InChI is InChI=1S/C15H22N2O5/c1-15(2,3)22-13(19)16-17(9-10-18)14(20)21-11-12-7-5-4-6-8-12/h4-8,18H,9-11H2,1-3H3,(H,16,19). The van der Waals surface area contributed by atoms with Crippen LogP contribution in [-0.4, -0.2) is 41.1 Å². The Morgan fingerprint density at radius 3 is 2.41 bits per heavy atom. The van der Waals surface area contributed by atoms with Crippen molar-refractivity contribution in [3.05, 3.63) is 35.9 Å². The molecule has 1 aromatic carbocycles. The van der Waals surface area contributed by atoms with Gasteiger partial charge in [-0.15, -0.1) is 0 Å². The molecule has 0 spiro atoms. The van der Waals surface area contributed by atoms with Gasteiger partial charge < -0.3 is 14.6 Å². The van der Waals surface area contributed by atoms with Crippen LogP contribution in [0.4, 0.5) is 9.59 Å². The number of benzene rings is 1. The van der Waals surface area contributed by atoms with Gasteiger partial charge in [0.25, 0.3) is 0 Å². The predicted octanol–water partition coefficient (Wildman–Crippen LogP) is 2.06. The van der Waals surface area contributed by atoms with Crippen molar-refractivity contribution in [1.82, 2.24) is 10.4 Å². The highest BCUT2D eigenvalue weighted by Gasteiger charge is 2.22. The van der Waals surface area contributed by atoms with Gasteiger partial charge in [0.1, 0.15) is 12.2 Å². The molecule has 0 atom stereocenters. The number of aliphatic hydroxyl groups excluding tert-OH is 1. The molecule has 0 bridgehead atoms. The van der Waals surface area contributed by atoms with E-state index in [0.29, 0.717) is 0 Å². The van der Waals surface area contributed by atoms with Crippen molar-refractivity contribution >= 4 is 12.2 Å². The Hall–Kier alpha value is -2.28. The zero-order valence-electron chi connectivity index (χ0n) is 13.0. The van der Waals surface area contributed by atoms with E-state index in [2.05, 4.69) is 5.43 Å². The minimum absolute atomic E-state index is 0.0671. The van der Waals surface area contributed by atoms with E-state index in [1.165, 1.54) is 0 Å². The van der Waals surface area contributed by atoms with Crippen LogP contribution in [0.3, 0.4) is 0 Å². The predicted molar refractivity (Wildman–Crippen MR) is 79.8 cm³/mol. The normalized spacial score (nSPS) is 10.7. The average Bonchev–Trinajstić information content (AvgIpc) is 2.43. The molecule has 0 saturated carbocycles. The number of ether oxygens (including phenoxy) is 2. The number of hydrazine groups is 1. The molecule has 7 heteroatoms. The first-order valence-electron chi connectivity index (χ1n) is 6.90. The zero-order valence-corrected chi connectivity index (χ0v) is 13.0. The fourth-order valence-corrected chi connectivity index (χ4v) is 1.50. The second-order valence-corrected chi connectivity index (χ2v) is 5.53. The average molecular weight is 310 g/mol. The van der Waals surface area contributed by atoms with Gasteiger partial charge in [-0.3, -0.25) is 0 Å². The molecule has 2 amide bonds. The quantitative estimate of drug-likeness (QED) is 0.831. The minimum atomic E-state index is -0.794. The summed E-state index contributed by atoms with van der Waals surface area (Å²) in [5, 5.41) is 9.85. The number of carbonyl (C=O) groups excluding carboxylic acids is 2. The van der Waals surface area contributed by atoms with Crippen LogP contribution in [-0.2, 0) is 16.1 Å². The molecule has 0 radical (unpaired) electrons. The summed E-state index contributed by atoms with van der Waals surface area (Å²) in [6.45, 7) is 4.75. The lowest BCUT2D eigenvalue weighted by atomic mass is 10.2. The monoisotopic (exact) mass is 310 g/mol. The van der Waals surface area contributed by atoms with Crippen LogP contribution in [0.15, 0.2) is 30.3 Å². The molecule has 7 nitrogen and oxygen atoms in total. The smallest absolute Gasteiger partial charge is 0.429 e. The van der Waals surface area contributed by atoms with Gasteiger partial charge in [-0.25, -0.2) is 20.0 Å². The fourth-order valence-electron chi connectivity index (χ4n) is 1.50. The van der Waals surface area contributed by atoms with Gasteiger partial charge in [0.05, 0.1) is 13.2 Å². The number of carbonyl (C=O) groups is 2. The van der Waals surface area contributed by atoms with Gasteiger partial charge in [-0.05, 0) is 26.3 Å². The van der Waals surface area contributed by atoms with Gasteiger partial charge in [-0.1, -0.05) is 30.3 Å². The summed E-state index contributed by atoms with van der Waals surface area (Å²) in [6, 6.07) is 9.13. The summed E-state index contributed by atoms with van der Waals surface area (Å²) < 4.78 is 10.1. The Bertz CT molecular complexity index is 484. The number of amides is 2. The van der Waals surface area contributed by atoms with Crippen molar-refractivity contribution in [2.75, 3.05) is 13.2 Å². The molecular weight excluding hydrogens is 288 g/mol. The molecule has 22 heavy (non-hydrogen) atoms. The zero-order chi connectivity index (χ0) is 16.6. The Labute approximate surface area is 129 Å². The van der Waals surface area contributed by atoms with E-state index < -0.39 is 17.8 Å². The Morgan fingerprint density at radius 1 is 1.23 bits per heavy atom. The van der Waals surface area contributed by atoms with Crippen LogP contribution < -0.4 is 5.43 Å². The minimum Gasteiger partial charge on any atom is -0.443 e. The first-order valence-corrected chi connectivity index (χ1v) is 6.90. The van der Waals surface area contributed by atoms with Crippen molar-refractivity contribution in [2.24, 2.45) is 0 Å². The van der Waals surface area contributed by atoms with Crippen molar-refractivity contribution in [3.63, 3.8) is 0 Å². The maximum atomic E-state index is 11.9. The molecule has 0 heterocycles. The van der Waals surface area contributed by atoms with E-state index in [1.54, 1.807) is 20.8 Å². The molecule has 0 fully saturated rings. The molecule has 0 aliphatic carbocycles. The summed E-state index contributed by atoms with van der Waals surface area (Å²) in [5.41, 5.74) is 2.37. The second kappa shape index (κ2) is 8.23. The van der Waals surface area contributed by atoms with Gasteiger partial charge in [0, 0.05) is 0 Å². The van der Waals surface area contributed by atoms with Crippen LogP contribution in [0, 0.1) is 0 Å². The lowest BCUT2D eigenvalue weighted by Crippen LogP contribution is -2.49. The third-order valence-corrected chi connectivity index (χ3v) is 2.37. The maximum Gasteiger partial charge on any atom is 0.429 e. The van der Waals surface area contributed by atoms with Gasteiger partial charge in [0.15, 0.2) is 0 Å². The highest BCUT2D eigenvalue weighted by Crippen LogP contribution is 2.07. The van der Waals surface area contributed by atoms with Gasteiger partial charge >= 0.3 is 12.2 Å². The Morgan fingerprint density at radius 2 is 1.86 bits per heavy atom. The van der Waals surface area contributed by atoms with Crippen molar-refractivity contribution in [3.8, 4) is 0 Å². The number of hydrogen-bond acceptors (Lipinski definition) is 5. The number of rotatable bonds is 4. The molecule has 1 aromatic rings. The molecule has 1 rings (SSSR count). The Kier molecular flexibility index (Phi) is 6.65. The van der Waals surface area contributed by atoms with E-state index >= 15 is 0 Å². The SMILES string of the molecule is CC(C)(C)OC(=O)NN(CCO)C(=O)OCc1ccccc1. The molecular formula is C15H22N2O5. The lowest BCUT2D eigenvalue weighted by Gasteiger charge is -2.25. The number of aliphatic hydroxyl groups is 1. The first-order chi connectivity index (χ1) is 10.3. The van der Waals surface area contributed by atoms with Crippen LogP contribution in [0.25, 0.3) is 0 Å². The van der Waals surface area contributed by atoms with E-state index in [4.69, 9.17) is 14.6 Å². The fraction of sp³-hybridized carbons (Fsp3) is 0.467. The number of hydrogen-bond donors (Lipinski definition) is 2. The molecule has 0 aliphatic rings. The number of nitrogens with zero attached hydrogens (tertiary/aromatic N) is 1. The number of nitrogens with one attached hydrogen (secondary N) is 1. The van der Waals surface area contributed by atoms with Crippen LogP contribution in [0.1, 0.15) is 26.3 Å². The third-order valence-electron chi connectivity index (χ3n) is 2.37. The van der Waals surface area contributed by atoms with E-state index in [-0.39, 0.29) is 19.8 Å². The van der Waals surface area contributed by atoms with E-state index in [0.717, 1.165) is 10.6 Å². The maximum absolute atomic E-state index is 11.9. The molecule has 122 valence electrons. The first kappa shape index (κ1) is 17.8. The molecule has 0 aliphatic heterocycles. The van der Waals surface area contributed by atoms with Crippen LogP contribution in [0.2, 0.25) is 0 Å². The largest absolute Gasteiger partial charge is 0.443 e. The highest BCUT2D eigenvalue weighted by atomic mass is 16.6. The van der Waals surface area contributed by atoms with Crippen molar-refractivity contribution < 1.29 is 24.2 Å². The summed E-state index contributed by atoms with van der Waals surface area (Å²) in [5.74, 6) is 0. The third kappa shape index (κ3) is 6.94. The van der Waals surface area contributed by atoms with Crippen LogP contribution >= 0.6 is 0 Å². The van der Waals surface area contributed by atoms with Crippen molar-refractivity contribution in [1.29, 1.82) is 0 Å².